The molecule has 0 unspecified atom stereocenters. The molecule has 4 rings (SSSR count). The minimum atomic E-state index is -0.839. The average Bonchev–Trinajstić information content (AvgIpc) is 3.01. The number of benzene rings is 2. The van der Waals surface area contributed by atoms with E-state index in [2.05, 4.69) is 40.6 Å². The van der Waals surface area contributed by atoms with E-state index >= 15 is 8.78 Å². The quantitative estimate of drug-likeness (QED) is 0.145. The molecule has 0 spiro atoms. The van der Waals surface area contributed by atoms with Gasteiger partial charge in [-0.2, -0.15) is 4.98 Å². The van der Waals surface area contributed by atoms with Gasteiger partial charge in [0.2, 0.25) is 5.95 Å². The van der Waals surface area contributed by atoms with Crippen LogP contribution < -0.4 is 20.9 Å². The lowest BCUT2D eigenvalue weighted by molar-refractivity contribution is 0.405. The van der Waals surface area contributed by atoms with Crippen molar-refractivity contribution in [1.29, 1.82) is 0 Å². The number of aryl methyl sites for hydroxylation is 2. The minimum absolute atomic E-state index is 0.283. The van der Waals surface area contributed by atoms with E-state index < -0.39 is 11.7 Å². The predicted molar refractivity (Wildman–Crippen MR) is 179 cm³/mol. The van der Waals surface area contributed by atoms with Crippen LogP contribution in [-0.2, 0) is 6.54 Å². The van der Waals surface area contributed by atoms with E-state index in [9.17, 15) is 0 Å². The standard InChI is InChI=1S/C35H41F2N7/c1-9-30(36)33(31(37)10-2)44-25(6)39-21-29-32(41-35(42-34(29)44)38-18-11-19-43(7)8)28-20-26(15-14-23(28)4)24(5)40-27-16-12-22(3)13-17-27/h9-10,12-17,20,39-40H,1,5-6,11,18-19,21H2,2-4,7-8H3,(H,38,41,42)/b31-10+,33-30-. The first kappa shape index (κ1) is 32.2. The van der Waals surface area contributed by atoms with E-state index in [1.54, 1.807) is 0 Å². The van der Waals surface area contributed by atoms with Crippen molar-refractivity contribution in [2.45, 2.75) is 33.7 Å². The second-order valence-corrected chi connectivity index (χ2v) is 11.0. The van der Waals surface area contributed by atoms with Crippen molar-refractivity contribution in [2.75, 3.05) is 42.7 Å². The number of aromatic nitrogens is 2. The Kier molecular flexibility index (Phi) is 10.3. The largest absolute Gasteiger partial charge is 0.367 e. The van der Waals surface area contributed by atoms with Crippen LogP contribution in [-0.4, -0.2) is 42.1 Å². The molecule has 1 aliphatic rings. The summed E-state index contributed by atoms with van der Waals surface area (Å²) in [6.45, 7) is 19.2. The number of rotatable bonds is 12. The Bertz CT molecular complexity index is 1620. The third-order valence-electron chi connectivity index (χ3n) is 7.30. The van der Waals surface area contributed by atoms with Gasteiger partial charge in [-0.15, -0.1) is 0 Å². The maximum Gasteiger partial charge on any atom is 0.225 e. The summed E-state index contributed by atoms with van der Waals surface area (Å²) in [6.07, 6.45) is 3.02. The summed E-state index contributed by atoms with van der Waals surface area (Å²) in [5.41, 5.74) is 6.50. The summed E-state index contributed by atoms with van der Waals surface area (Å²) in [5.74, 6) is -0.646. The lowest BCUT2D eigenvalue weighted by Gasteiger charge is -2.35. The average molecular weight is 598 g/mol. The Morgan fingerprint density at radius 1 is 1.11 bits per heavy atom. The van der Waals surface area contributed by atoms with Gasteiger partial charge in [0.05, 0.1) is 5.69 Å². The van der Waals surface area contributed by atoms with Gasteiger partial charge in [-0.1, -0.05) is 49.6 Å². The molecule has 2 aromatic carbocycles. The van der Waals surface area contributed by atoms with Crippen LogP contribution in [0.15, 0.2) is 97.5 Å². The Balaban J connectivity index is 1.86. The number of hydrogen-bond acceptors (Lipinski definition) is 7. The van der Waals surface area contributed by atoms with Gasteiger partial charge >= 0.3 is 0 Å². The molecule has 0 amide bonds. The molecular weight excluding hydrogens is 556 g/mol. The maximum atomic E-state index is 15.3. The number of fused-ring (bicyclic) bond motifs is 1. The summed E-state index contributed by atoms with van der Waals surface area (Å²) in [5, 5.41) is 9.89. The van der Waals surface area contributed by atoms with Gasteiger partial charge in [-0.05, 0) is 89.3 Å². The maximum absolute atomic E-state index is 15.3. The van der Waals surface area contributed by atoms with Crippen molar-refractivity contribution in [3.63, 3.8) is 0 Å². The third kappa shape index (κ3) is 7.23. The van der Waals surface area contributed by atoms with Crippen LogP contribution in [0.1, 0.15) is 35.6 Å². The molecule has 0 saturated heterocycles. The molecule has 1 aromatic heterocycles. The van der Waals surface area contributed by atoms with Crippen LogP contribution in [0.25, 0.3) is 17.0 Å². The van der Waals surface area contributed by atoms with E-state index in [1.165, 1.54) is 23.5 Å². The van der Waals surface area contributed by atoms with Gasteiger partial charge in [-0.3, -0.25) is 4.90 Å². The van der Waals surface area contributed by atoms with E-state index in [4.69, 9.17) is 9.97 Å². The van der Waals surface area contributed by atoms with E-state index in [0.29, 0.717) is 36.1 Å². The molecule has 0 atom stereocenters. The van der Waals surface area contributed by atoms with Crippen LogP contribution in [0.2, 0.25) is 0 Å². The Morgan fingerprint density at radius 2 is 1.84 bits per heavy atom. The van der Waals surface area contributed by atoms with Gasteiger partial charge in [0, 0.05) is 35.6 Å². The van der Waals surface area contributed by atoms with Crippen molar-refractivity contribution < 1.29 is 8.78 Å². The number of anilines is 3. The van der Waals surface area contributed by atoms with Crippen LogP contribution in [0, 0.1) is 13.8 Å². The van der Waals surface area contributed by atoms with Crippen molar-refractivity contribution in [1.82, 2.24) is 20.2 Å². The first-order chi connectivity index (χ1) is 21.0. The first-order valence-electron chi connectivity index (χ1n) is 14.5. The summed E-state index contributed by atoms with van der Waals surface area (Å²) >= 11 is 0. The van der Waals surface area contributed by atoms with Gasteiger partial charge in [-0.25, -0.2) is 13.8 Å². The molecule has 230 valence electrons. The highest BCUT2D eigenvalue weighted by Crippen LogP contribution is 2.40. The fourth-order valence-electron chi connectivity index (χ4n) is 4.86. The fraction of sp³-hybridized carbons (Fsp3) is 0.257. The van der Waals surface area contributed by atoms with Gasteiger partial charge in [0.25, 0.3) is 0 Å². The fourth-order valence-corrected chi connectivity index (χ4v) is 4.86. The van der Waals surface area contributed by atoms with Crippen LogP contribution in [0.4, 0.5) is 26.2 Å². The van der Waals surface area contributed by atoms with Gasteiger partial charge < -0.3 is 20.9 Å². The third-order valence-corrected chi connectivity index (χ3v) is 7.30. The second-order valence-electron chi connectivity index (χ2n) is 11.0. The highest BCUT2D eigenvalue weighted by molar-refractivity contribution is 5.82. The lowest BCUT2D eigenvalue weighted by atomic mass is 9.96. The Labute approximate surface area is 259 Å². The molecule has 0 fully saturated rings. The Morgan fingerprint density at radius 3 is 2.50 bits per heavy atom. The van der Waals surface area contributed by atoms with Crippen LogP contribution in [0.3, 0.4) is 0 Å². The van der Waals surface area contributed by atoms with Crippen molar-refractivity contribution >= 4 is 23.2 Å². The SMILES string of the molecule is C=C/C(F)=C(\C(F)=C/C)N1C(=C)NCc2c(-c3cc(C(=C)Nc4ccc(C)cc4)ccc3C)nc(NCCCN(C)C)nc21. The summed E-state index contributed by atoms with van der Waals surface area (Å²) in [6, 6.07) is 14.1. The zero-order valence-corrected chi connectivity index (χ0v) is 26.2. The molecule has 9 heteroatoms. The normalized spacial score (nSPS) is 13.7. The summed E-state index contributed by atoms with van der Waals surface area (Å²) < 4.78 is 30.5. The molecule has 44 heavy (non-hydrogen) atoms. The lowest BCUT2D eigenvalue weighted by Crippen LogP contribution is -2.38. The van der Waals surface area contributed by atoms with E-state index in [-0.39, 0.29) is 11.5 Å². The predicted octanol–water partition coefficient (Wildman–Crippen LogP) is 7.83. The van der Waals surface area contributed by atoms with Crippen molar-refractivity contribution in [3.8, 4) is 11.3 Å². The van der Waals surface area contributed by atoms with Gasteiger partial charge in [0.1, 0.15) is 29.0 Å². The first-order valence-corrected chi connectivity index (χ1v) is 14.5. The molecule has 2 heterocycles. The molecule has 1 aliphatic heterocycles. The monoisotopic (exact) mass is 597 g/mol. The molecule has 0 saturated carbocycles. The minimum Gasteiger partial charge on any atom is -0.367 e. The topological polar surface area (TPSA) is 68.3 Å². The number of halogens is 2. The zero-order chi connectivity index (χ0) is 32.0. The molecule has 0 radical (unpaired) electrons. The van der Waals surface area contributed by atoms with Gasteiger partial charge in [0.15, 0.2) is 0 Å². The zero-order valence-electron chi connectivity index (χ0n) is 26.2. The molecule has 3 N–H and O–H groups in total. The molecule has 0 bridgehead atoms. The number of nitrogens with one attached hydrogen (secondary N) is 3. The highest BCUT2D eigenvalue weighted by Gasteiger charge is 2.32. The Hall–Kier alpha value is -4.76. The molecule has 7 nitrogen and oxygen atoms in total. The van der Waals surface area contributed by atoms with E-state index in [1.807, 2.05) is 70.4 Å². The number of nitrogens with zero attached hydrogens (tertiary/aromatic N) is 4. The molecule has 0 aliphatic carbocycles. The van der Waals surface area contributed by atoms with Crippen LogP contribution >= 0.6 is 0 Å². The van der Waals surface area contributed by atoms with E-state index in [0.717, 1.165) is 47.1 Å². The second kappa shape index (κ2) is 14.1. The summed E-state index contributed by atoms with van der Waals surface area (Å²) in [4.78, 5) is 13.2. The summed E-state index contributed by atoms with van der Waals surface area (Å²) in [7, 11) is 4.03. The number of allylic oxidation sites excluding steroid dienone is 4. The van der Waals surface area contributed by atoms with Crippen molar-refractivity contribution in [3.05, 3.63) is 120 Å². The molecule has 3 aromatic rings. The highest BCUT2D eigenvalue weighted by atomic mass is 19.1. The van der Waals surface area contributed by atoms with Crippen molar-refractivity contribution in [2.24, 2.45) is 0 Å². The number of hydrogen-bond donors (Lipinski definition) is 3. The smallest absolute Gasteiger partial charge is 0.225 e. The van der Waals surface area contributed by atoms with Crippen LogP contribution in [0.5, 0.6) is 0 Å². The molecular formula is C35H41F2N7.